The highest BCUT2D eigenvalue weighted by Crippen LogP contribution is 2.49. The SMILES string of the molecule is CC1(C)CCCC1c1ccc2[nH]c(=O)cc(C(F)(F)F)c2c1. The van der Waals surface area contributed by atoms with Crippen molar-refractivity contribution in [3.8, 4) is 0 Å². The van der Waals surface area contributed by atoms with Crippen LogP contribution in [0.25, 0.3) is 10.9 Å². The van der Waals surface area contributed by atoms with E-state index in [2.05, 4.69) is 18.8 Å². The Morgan fingerprint density at radius 3 is 2.55 bits per heavy atom. The van der Waals surface area contributed by atoms with Gasteiger partial charge in [0, 0.05) is 17.0 Å². The minimum Gasteiger partial charge on any atom is -0.322 e. The molecule has 2 nitrogen and oxygen atoms in total. The number of aromatic amines is 1. The van der Waals surface area contributed by atoms with Gasteiger partial charge in [0.25, 0.3) is 0 Å². The van der Waals surface area contributed by atoms with Gasteiger partial charge in [-0.25, -0.2) is 0 Å². The molecule has 1 aliphatic rings. The Kier molecular flexibility index (Phi) is 3.34. The van der Waals surface area contributed by atoms with E-state index in [1.54, 1.807) is 12.1 Å². The lowest BCUT2D eigenvalue weighted by Gasteiger charge is -2.27. The van der Waals surface area contributed by atoms with E-state index in [1.165, 1.54) is 0 Å². The van der Waals surface area contributed by atoms with Gasteiger partial charge >= 0.3 is 6.18 Å². The Morgan fingerprint density at radius 1 is 1.23 bits per heavy atom. The summed E-state index contributed by atoms with van der Waals surface area (Å²) in [5, 5.41) is 0.0762. The lowest BCUT2D eigenvalue weighted by atomic mass is 9.77. The van der Waals surface area contributed by atoms with Gasteiger partial charge in [-0.3, -0.25) is 4.79 Å². The number of rotatable bonds is 1. The Hall–Kier alpha value is -1.78. The molecule has 0 spiro atoms. The summed E-state index contributed by atoms with van der Waals surface area (Å²) in [7, 11) is 0. The standard InChI is InChI=1S/C17H18F3NO/c1-16(2)7-3-4-12(16)10-5-6-14-11(8-10)13(17(18,19)20)9-15(22)21-14/h5-6,8-9,12H,3-4,7H2,1-2H3,(H,21,22). The molecule has 0 bridgehead atoms. The Labute approximate surface area is 126 Å². The highest BCUT2D eigenvalue weighted by atomic mass is 19.4. The van der Waals surface area contributed by atoms with Crippen molar-refractivity contribution in [2.75, 3.05) is 0 Å². The third-order valence-electron chi connectivity index (χ3n) is 4.83. The topological polar surface area (TPSA) is 32.9 Å². The van der Waals surface area contributed by atoms with Crippen molar-refractivity contribution < 1.29 is 13.2 Å². The molecule has 0 radical (unpaired) electrons. The van der Waals surface area contributed by atoms with E-state index in [0.717, 1.165) is 24.8 Å². The molecule has 1 saturated carbocycles. The van der Waals surface area contributed by atoms with Crippen LogP contribution in [0.1, 0.15) is 50.2 Å². The second kappa shape index (κ2) is 4.86. The highest BCUT2D eigenvalue weighted by molar-refractivity contribution is 5.83. The summed E-state index contributed by atoms with van der Waals surface area (Å²) in [6.07, 6.45) is -1.37. The van der Waals surface area contributed by atoms with Crippen LogP contribution in [0.15, 0.2) is 29.1 Å². The summed E-state index contributed by atoms with van der Waals surface area (Å²) in [6, 6.07) is 5.68. The molecule has 0 aliphatic heterocycles. The average Bonchev–Trinajstić information content (AvgIpc) is 2.76. The van der Waals surface area contributed by atoms with E-state index in [0.29, 0.717) is 6.07 Å². The van der Waals surface area contributed by atoms with Crippen LogP contribution in [-0.2, 0) is 6.18 Å². The first kappa shape index (κ1) is 15.1. The van der Waals surface area contributed by atoms with Gasteiger partial charge in [0.1, 0.15) is 0 Å². The number of pyridine rings is 1. The third kappa shape index (κ3) is 2.53. The molecule has 1 fully saturated rings. The van der Waals surface area contributed by atoms with Crippen molar-refractivity contribution in [2.24, 2.45) is 5.41 Å². The maximum absolute atomic E-state index is 13.2. The number of hydrogen-bond donors (Lipinski definition) is 1. The summed E-state index contributed by atoms with van der Waals surface area (Å²) in [5.41, 5.74) is -0.335. The first-order chi connectivity index (χ1) is 10.2. The van der Waals surface area contributed by atoms with Crippen molar-refractivity contribution in [1.82, 2.24) is 4.98 Å². The van der Waals surface area contributed by atoms with Gasteiger partial charge in [-0.1, -0.05) is 26.3 Å². The van der Waals surface area contributed by atoms with E-state index >= 15 is 0 Å². The van der Waals surface area contributed by atoms with Crippen LogP contribution in [0.2, 0.25) is 0 Å². The molecule has 5 heteroatoms. The first-order valence-corrected chi connectivity index (χ1v) is 7.43. The van der Waals surface area contributed by atoms with Crippen LogP contribution in [0.3, 0.4) is 0 Å². The van der Waals surface area contributed by atoms with Crippen molar-refractivity contribution in [2.45, 2.75) is 45.2 Å². The predicted molar refractivity (Wildman–Crippen MR) is 79.9 cm³/mol. The monoisotopic (exact) mass is 309 g/mol. The Morgan fingerprint density at radius 2 is 1.95 bits per heavy atom. The van der Waals surface area contributed by atoms with E-state index in [4.69, 9.17) is 0 Å². The second-order valence-electron chi connectivity index (χ2n) is 6.78. The minimum absolute atomic E-state index is 0.0762. The number of hydrogen-bond acceptors (Lipinski definition) is 1. The van der Waals surface area contributed by atoms with E-state index in [1.807, 2.05) is 6.07 Å². The van der Waals surface area contributed by atoms with Crippen molar-refractivity contribution in [1.29, 1.82) is 0 Å². The molecule has 3 rings (SSSR count). The van der Waals surface area contributed by atoms with E-state index < -0.39 is 17.3 Å². The Bertz CT molecular complexity index is 774. The lowest BCUT2D eigenvalue weighted by molar-refractivity contribution is -0.136. The minimum atomic E-state index is -4.53. The number of nitrogens with one attached hydrogen (secondary N) is 1. The summed E-state index contributed by atoms with van der Waals surface area (Å²) in [6.45, 7) is 4.32. The number of benzene rings is 1. The molecule has 1 N–H and O–H groups in total. The molecule has 118 valence electrons. The van der Waals surface area contributed by atoms with Gasteiger partial charge in [-0.2, -0.15) is 13.2 Å². The van der Waals surface area contributed by atoms with Crippen LogP contribution in [0, 0.1) is 5.41 Å². The molecule has 1 heterocycles. The van der Waals surface area contributed by atoms with Crippen LogP contribution >= 0.6 is 0 Å². The zero-order chi connectivity index (χ0) is 16.1. The summed E-state index contributed by atoms with van der Waals surface area (Å²) < 4.78 is 39.6. The van der Waals surface area contributed by atoms with Gasteiger partial charge < -0.3 is 4.98 Å². The second-order valence-corrected chi connectivity index (χ2v) is 6.78. The number of aromatic nitrogens is 1. The molecule has 1 atom stereocenters. The molecule has 0 amide bonds. The molecular weight excluding hydrogens is 291 g/mol. The van der Waals surface area contributed by atoms with E-state index in [-0.39, 0.29) is 22.2 Å². The number of fused-ring (bicyclic) bond motifs is 1. The van der Waals surface area contributed by atoms with Crippen LogP contribution in [-0.4, -0.2) is 4.98 Å². The van der Waals surface area contributed by atoms with E-state index in [9.17, 15) is 18.0 Å². The zero-order valence-electron chi connectivity index (χ0n) is 12.6. The molecule has 1 aromatic carbocycles. The van der Waals surface area contributed by atoms with Gasteiger partial charge in [-0.15, -0.1) is 0 Å². The zero-order valence-corrected chi connectivity index (χ0v) is 12.6. The van der Waals surface area contributed by atoms with Crippen molar-refractivity contribution in [3.05, 3.63) is 45.7 Å². The fraction of sp³-hybridized carbons (Fsp3) is 0.471. The van der Waals surface area contributed by atoms with Gasteiger partial charge in [-0.05, 0) is 41.9 Å². The van der Waals surface area contributed by atoms with Gasteiger partial charge in [0.15, 0.2) is 0 Å². The number of halogens is 3. The molecular formula is C17H18F3NO. The van der Waals surface area contributed by atoms with Crippen LogP contribution < -0.4 is 5.56 Å². The summed E-state index contributed by atoms with van der Waals surface area (Å²) in [5.74, 6) is 0.255. The summed E-state index contributed by atoms with van der Waals surface area (Å²) >= 11 is 0. The fourth-order valence-electron chi connectivity index (χ4n) is 3.67. The van der Waals surface area contributed by atoms with Crippen LogP contribution in [0.4, 0.5) is 13.2 Å². The lowest BCUT2D eigenvalue weighted by Crippen LogP contribution is -2.17. The maximum Gasteiger partial charge on any atom is 0.417 e. The predicted octanol–water partition coefficient (Wildman–Crippen LogP) is 4.84. The molecule has 22 heavy (non-hydrogen) atoms. The first-order valence-electron chi connectivity index (χ1n) is 7.43. The Balaban J connectivity index is 2.21. The smallest absolute Gasteiger partial charge is 0.322 e. The normalized spacial score (nSPS) is 21.4. The molecule has 1 aromatic heterocycles. The highest BCUT2D eigenvalue weighted by Gasteiger charge is 2.37. The summed E-state index contributed by atoms with van der Waals surface area (Å²) in [4.78, 5) is 13.9. The maximum atomic E-state index is 13.2. The largest absolute Gasteiger partial charge is 0.417 e. The fourth-order valence-corrected chi connectivity index (χ4v) is 3.67. The van der Waals surface area contributed by atoms with Crippen molar-refractivity contribution >= 4 is 10.9 Å². The van der Waals surface area contributed by atoms with Crippen molar-refractivity contribution in [3.63, 3.8) is 0 Å². The number of H-pyrrole nitrogens is 1. The van der Waals surface area contributed by atoms with Crippen LogP contribution in [0.5, 0.6) is 0 Å². The average molecular weight is 309 g/mol. The molecule has 1 aliphatic carbocycles. The van der Waals surface area contributed by atoms with Gasteiger partial charge in [0.2, 0.25) is 5.56 Å². The molecule has 1 unspecified atom stereocenters. The molecule has 2 aromatic rings. The van der Waals surface area contributed by atoms with Gasteiger partial charge in [0.05, 0.1) is 5.56 Å². The molecule has 0 saturated heterocycles. The quantitative estimate of drug-likeness (QED) is 0.803. The number of alkyl halides is 3. The third-order valence-corrected chi connectivity index (χ3v) is 4.83.